The molecule has 1 N–H and O–H groups in total. The summed E-state index contributed by atoms with van der Waals surface area (Å²) in [6.45, 7) is 2.57. The maximum absolute atomic E-state index is 6.01. The van der Waals surface area contributed by atoms with E-state index in [0.717, 1.165) is 24.7 Å². The van der Waals surface area contributed by atoms with Gasteiger partial charge in [0.2, 0.25) is 0 Å². The molecule has 2 nitrogen and oxygen atoms in total. The van der Waals surface area contributed by atoms with E-state index in [1.165, 1.54) is 10.5 Å². The zero-order chi connectivity index (χ0) is 10.7. The SMILES string of the molecule is CSc1ccc(Cl)cc1C1CNCCO1. The number of hydrogen-bond acceptors (Lipinski definition) is 3. The van der Waals surface area contributed by atoms with Gasteiger partial charge in [0.05, 0.1) is 12.7 Å². The molecule has 0 spiro atoms. The van der Waals surface area contributed by atoms with E-state index in [1.807, 2.05) is 12.1 Å². The number of hydrogen-bond donors (Lipinski definition) is 1. The Morgan fingerprint density at radius 3 is 3.07 bits per heavy atom. The summed E-state index contributed by atoms with van der Waals surface area (Å²) >= 11 is 7.74. The van der Waals surface area contributed by atoms with E-state index in [0.29, 0.717) is 0 Å². The molecule has 0 saturated carbocycles. The lowest BCUT2D eigenvalue weighted by molar-refractivity contribution is 0.0261. The Balaban J connectivity index is 2.27. The molecule has 2 rings (SSSR count). The van der Waals surface area contributed by atoms with Gasteiger partial charge in [0.25, 0.3) is 0 Å². The van der Waals surface area contributed by atoms with Crippen LogP contribution >= 0.6 is 23.4 Å². The summed E-state index contributed by atoms with van der Waals surface area (Å²) in [6.07, 6.45) is 2.21. The van der Waals surface area contributed by atoms with Gasteiger partial charge in [0.1, 0.15) is 0 Å². The molecule has 1 aromatic carbocycles. The van der Waals surface area contributed by atoms with Crippen molar-refractivity contribution < 1.29 is 4.74 Å². The molecule has 1 saturated heterocycles. The normalized spacial score (nSPS) is 21.6. The summed E-state index contributed by atoms with van der Waals surface area (Å²) < 4.78 is 5.73. The molecule has 0 bridgehead atoms. The van der Waals surface area contributed by atoms with Crippen molar-refractivity contribution in [1.82, 2.24) is 5.32 Å². The number of benzene rings is 1. The Morgan fingerprint density at radius 1 is 1.53 bits per heavy atom. The van der Waals surface area contributed by atoms with Gasteiger partial charge in [0.15, 0.2) is 0 Å². The van der Waals surface area contributed by atoms with Crippen LogP contribution in [0.3, 0.4) is 0 Å². The van der Waals surface area contributed by atoms with Gasteiger partial charge in [-0.25, -0.2) is 0 Å². The van der Waals surface area contributed by atoms with Crippen LogP contribution in [-0.4, -0.2) is 26.0 Å². The van der Waals surface area contributed by atoms with Crippen molar-refractivity contribution in [1.29, 1.82) is 0 Å². The summed E-state index contributed by atoms with van der Waals surface area (Å²) in [5.74, 6) is 0. The zero-order valence-corrected chi connectivity index (χ0v) is 10.2. The fourth-order valence-corrected chi connectivity index (χ4v) is 2.53. The highest BCUT2D eigenvalue weighted by molar-refractivity contribution is 7.98. The van der Waals surface area contributed by atoms with Crippen molar-refractivity contribution in [2.45, 2.75) is 11.0 Å². The first kappa shape index (κ1) is 11.3. The smallest absolute Gasteiger partial charge is 0.0961 e. The third-order valence-corrected chi connectivity index (χ3v) is 3.51. The maximum Gasteiger partial charge on any atom is 0.0961 e. The average molecular weight is 244 g/mol. The lowest BCUT2D eigenvalue weighted by atomic mass is 10.1. The van der Waals surface area contributed by atoms with Gasteiger partial charge in [-0.15, -0.1) is 11.8 Å². The number of morpholine rings is 1. The minimum Gasteiger partial charge on any atom is -0.371 e. The number of nitrogens with one attached hydrogen (secondary N) is 1. The lowest BCUT2D eigenvalue weighted by Crippen LogP contribution is -2.33. The molecule has 0 amide bonds. The van der Waals surface area contributed by atoms with Crippen LogP contribution in [0.5, 0.6) is 0 Å². The fourth-order valence-electron chi connectivity index (χ4n) is 1.72. The third-order valence-electron chi connectivity index (χ3n) is 2.47. The molecular weight excluding hydrogens is 230 g/mol. The van der Waals surface area contributed by atoms with E-state index in [9.17, 15) is 0 Å². The zero-order valence-electron chi connectivity index (χ0n) is 8.63. The van der Waals surface area contributed by atoms with Crippen molar-refractivity contribution in [3.8, 4) is 0 Å². The van der Waals surface area contributed by atoms with Crippen molar-refractivity contribution in [3.05, 3.63) is 28.8 Å². The standard InChI is InChI=1S/C11H14ClNOS/c1-15-11-3-2-8(12)6-9(11)10-7-13-4-5-14-10/h2-3,6,10,13H,4-5,7H2,1H3. The van der Waals surface area contributed by atoms with Crippen LogP contribution in [0.25, 0.3) is 0 Å². The number of ether oxygens (including phenoxy) is 1. The largest absolute Gasteiger partial charge is 0.371 e. The van der Waals surface area contributed by atoms with Gasteiger partial charge in [-0.1, -0.05) is 11.6 Å². The minimum atomic E-state index is 0.139. The first-order valence-corrected chi connectivity index (χ1v) is 6.57. The van der Waals surface area contributed by atoms with Gasteiger partial charge in [-0.2, -0.15) is 0 Å². The molecule has 1 heterocycles. The van der Waals surface area contributed by atoms with E-state index in [2.05, 4.69) is 17.6 Å². The van der Waals surface area contributed by atoms with Crippen LogP contribution < -0.4 is 5.32 Å². The highest BCUT2D eigenvalue weighted by Gasteiger charge is 2.18. The van der Waals surface area contributed by atoms with E-state index in [1.54, 1.807) is 11.8 Å². The van der Waals surface area contributed by atoms with E-state index in [4.69, 9.17) is 16.3 Å². The molecular formula is C11H14ClNOS. The molecule has 4 heteroatoms. The van der Waals surface area contributed by atoms with Crippen LogP contribution in [0, 0.1) is 0 Å². The first-order chi connectivity index (χ1) is 7.31. The van der Waals surface area contributed by atoms with Crippen molar-refractivity contribution in [2.24, 2.45) is 0 Å². The molecule has 82 valence electrons. The van der Waals surface area contributed by atoms with Crippen LogP contribution in [0.15, 0.2) is 23.1 Å². The minimum absolute atomic E-state index is 0.139. The Labute approximate surface area is 99.3 Å². The van der Waals surface area contributed by atoms with Crippen molar-refractivity contribution in [3.63, 3.8) is 0 Å². The van der Waals surface area contributed by atoms with Gasteiger partial charge >= 0.3 is 0 Å². The monoisotopic (exact) mass is 243 g/mol. The predicted molar refractivity (Wildman–Crippen MR) is 64.8 cm³/mol. The molecule has 1 aromatic rings. The number of rotatable bonds is 2. The maximum atomic E-state index is 6.01. The van der Waals surface area contributed by atoms with Crippen LogP contribution in [0.2, 0.25) is 5.02 Å². The van der Waals surface area contributed by atoms with E-state index in [-0.39, 0.29) is 6.10 Å². The highest BCUT2D eigenvalue weighted by Crippen LogP contribution is 2.31. The molecule has 0 aliphatic carbocycles. The molecule has 1 unspecified atom stereocenters. The summed E-state index contributed by atoms with van der Waals surface area (Å²) in [4.78, 5) is 1.24. The summed E-state index contributed by atoms with van der Waals surface area (Å²) in [7, 11) is 0. The molecule has 15 heavy (non-hydrogen) atoms. The lowest BCUT2D eigenvalue weighted by Gasteiger charge is -2.25. The van der Waals surface area contributed by atoms with Gasteiger partial charge < -0.3 is 10.1 Å². The Kier molecular flexibility index (Phi) is 3.92. The van der Waals surface area contributed by atoms with Gasteiger partial charge in [0, 0.05) is 23.0 Å². The van der Waals surface area contributed by atoms with Crippen LogP contribution in [-0.2, 0) is 4.74 Å². The van der Waals surface area contributed by atoms with E-state index < -0.39 is 0 Å². The second-order valence-electron chi connectivity index (χ2n) is 3.45. The first-order valence-electron chi connectivity index (χ1n) is 4.97. The molecule has 1 fully saturated rings. The van der Waals surface area contributed by atoms with E-state index >= 15 is 0 Å². The summed E-state index contributed by atoms with van der Waals surface area (Å²) in [5.41, 5.74) is 1.20. The quantitative estimate of drug-likeness (QED) is 0.808. The molecule has 0 radical (unpaired) electrons. The van der Waals surface area contributed by atoms with Crippen LogP contribution in [0.4, 0.5) is 0 Å². The predicted octanol–water partition coefficient (Wildman–Crippen LogP) is 2.72. The summed E-state index contributed by atoms with van der Waals surface area (Å²) in [5, 5.41) is 4.10. The molecule has 1 atom stereocenters. The molecule has 1 aliphatic heterocycles. The Bertz CT molecular complexity index is 339. The highest BCUT2D eigenvalue weighted by atomic mass is 35.5. The fraction of sp³-hybridized carbons (Fsp3) is 0.455. The number of thioether (sulfide) groups is 1. The van der Waals surface area contributed by atoms with Crippen molar-refractivity contribution >= 4 is 23.4 Å². The van der Waals surface area contributed by atoms with Crippen molar-refractivity contribution in [2.75, 3.05) is 26.0 Å². The topological polar surface area (TPSA) is 21.3 Å². The second kappa shape index (κ2) is 5.21. The average Bonchev–Trinajstić information content (AvgIpc) is 2.30. The van der Waals surface area contributed by atoms with Crippen LogP contribution in [0.1, 0.15) is 11.7 Å². The number of halogens is 1. The Hall–Kier alpha value is -0.220. The molecule has 0 aromatic heterocycles. The molecule has 1 aliphatic rings. The Morgan fingerprint density at radius 2 is 2.40 bits per heavy atom. The third kappa shape index (κ3) is 2.67. The second-order valence-corrected chi connectivity index (χ2v) is 4.73. The van der Waals surface area contributed by atoms with Gasteiger partial charge in [-0.05, 0) is 30.0 Å². The summed E-state index contributed by atoms with van der Waals surface area (Å²) in [6, 6.07) is 5.98. The van der Waals surface area contributed by atoms with Gasteiger partial charge in [-0.3, -0.25) is 0 Å².